The Hall–Kier alpha value is -2.30. The van der Waals surface area contributed by atoms with Gasteiger partial charge in [0.1, 0.15) is 5.75 Å². The van der Waals surface area contributed by atoms with Crippen LogP contribution < -0.4 is 10.5 Å². The average Bonchev–Trinajstić information content (AvgIpc) is 2.81. The van der Waals surface area contributed by atoms with Crippen LogP contribution in [0.3, 0.4) is 0 Å². The average molecular weight is 300 g/mol. The predicted molar refractivity (Wildman–Crippen MR) is 90.6 cm³/mol. The molecule has 0 aliphatic heterocycles. The third kappa shape index (κ3) is 4.35. The van der Waals surface area contributed by atoms with Gasteiger partial charge in [0.15, 0.2) is 0 Å². The van der Waals surface area contributed by atoms with Gasteiger partial charge in [0, 0.05) is 5.56 Å². The van der Waals surface area contributed by atoms with E-state index in [1.54, 1.807) is 17.1 Å². The first-order valence-electron chi connectivity index (χ1n) is 7.69. The van der Waals surface area contributed by atoms with E-state index in [1.807, 2.05) is 26.0 Å². The topological polar surface area (TPSA) is 65.4 Å². The molecule has 0 spiro atoms. The smallest absolute Gasteiger partial charge is 0.221 e. The van der Waals surface area contributed by atoms with Gasteiger partial charge in [-0.05, 0) is 32.4 Å². The standard InChI is InChI=1S/C17H24N4O/c1-4-5-6-9-22-16-8-7-13(2)10-15(16)11-19-21-12-14(3)20-17(21)18/h7-8,10-12H,4-6,9H2,1-3H3,(H2,18,20). The Morgan fingerprint density at radius 1 is 1.32 bits per heavy atom. The fourth-order valence-electron chi connectivity index (χ4n) is 2.16. The summed E-state index contributed by atoms with van der Waals surface area (Å²) in [5, 5.41) is 4.37. The fraction of sp³-hybridized carbons (Fsp3) is 0.412. The summed E-state index contributed by atoms with van der Waals surface area (Å²) in [5.41, 5.74) is 8.75. The Morgan fingerprint density at radius 2 is 2.14 bits per heavy atom. The largest absolute Gasteiger partial charge is 0.493 e. The van der Waals surface area contributed by atoms with Crippen molar-refractivity contribution in [1.82, 2.24) is 9.66 Å². The third-order valence-corrected chi connectivity index (χ3v) is 3.33. The van der Waals surface area contributed by atoms with Crippen LogP contribution in [0.5, 0.6) is 5.75 Å². The minimum absolute atomic E-state index is 0.381. The molecular weight excluding hydrogens is 276 g/mol. The van der Waals surface area contributed by atoms with Crippen LogP contribution in [0.4, 0.5) is 5.95 Å². The van der Waals surface area contributed by atoms with E-state index in [2.05, 4.69) is 23.1 Å². The number of hydrogen-bond acceptors (Lipinski definition) is 4. The number of aryl methyl sites for hydroxylation is 2. The number of benzene rings is 1. The zero-order valence-corrected chi connectivity index (χ0v) is 13.5. The first-order valence-corrected chi connectivity index (χ1v) is 7.69. The molecule has 0 aliphatic carbocycles. The number of nitrogen functional groups attached to an aromatic ring is 1. The molecule has 5 nitrogen and oxygen atoms in total. The summed E-state index contributed by atoms with van der Waals surface area (Å²) in [7, 11) is 0. The Labute approximate surface area is 131 Å². The maximum Gasteiger partial charge on any atom is 0.221 e. The van der Waals surface area contributed by atoms with Gasteiger partial charge in [-0.3, -0.25) is 0 Å². The summed E-state index contributed by atoms with van der Waals surface area (Å²) in [6.07, 6.45) is 6.99. The summed E-state index contributed by atoms with van der Waals surface area (Å²) in [6, 6.07) is 6.09. The van der Waals surface area contributed by atoms with Crippen LogP contribution in [0, 0.1) is 13.8 Å². The molecule has 0 bridgehead atoms. The Balaban J connectivity index is 2.14. The van der Waals surface area contributed by atoms with Crippen molar-refractivity contribution in [2.24, 2.45) is 5.10 Å². The second kappa shape index (κ2) is 7.64. The van der Waals surface area contributed by atoms with Crippen molar-refractivity contribution >= 4 is 12.2 Å². The first kappa shape index (κ1) is 16.1. The van der Waals surface area contributed by atoms with Crippen molar-refractivity contribution in [1.29, 1.82) is 0 Å². The van der Waals surface area contributed by atoms with Gasteiger partial charge in [-0.1, -0.05) is 31.4 Å². The lowest BCUT2D eigenvalue weighted by Crippen LogP contribution is -2.01. The van der Waals surface area contributed by atoms with E-state index in [1.165, 1.54) is 12.8 Å². The Kier molecular flexibility index (Phi) is 5.58. The lowest BCUT2D eigenvalue weighted by molar-refractivity contribution is 0.306. The normalized spacial score (nSPS) is 11.2. The molecule has 2 aromatic rings. The number of hydrogen-bond donors (Lipinski definition) is 1. The molecule has 0 amide bonds. The first-order chi connectivity index (χ1) is 10.6. The number of nitrogens with two attached hydrogens (primary N) is 1. The fourth-order valence-corrected chi connectivity index (χ4v) is 2.16. The molecule has 2 rings (SSSR count). The summed E-state index contributed by atoms with van der Waals surface area (Å²) in [5.74, 6) is 1.23. The molecule has 1 aromatic heterocycles. The van der Waals surface area contributed by atoms with E-state index in [0.717, 1.165) is 35.6 Å². The molecule has 0 aliphatic rings. The Bertz CT molecular complexity index is 646. The van der Waals surface area contributed by atoms with Crippen molar-refractivity contribution in [2.75, 3.05) is 12.3 Å². The minimum Gasteiger partial charge on any atom is -0.493 e. The van der Waals surface area contributed by atoms with Crippen molar-refractivity contribution in [2.45, 2.75) is 40.0 Å². The van der Waals surface area contributed by atoms with Crippen LogP contribution >= 0.6 is 0 Å². The molecule has 0 atom stereocenters. The second-order valence-corrected chi connectivity index (χ2v) is 5.43. The number of imidazole rings is 1. The molecule has 22 heavy (non-hydrogen) atoms. The summed E-state index contributed by atoms with van der Waals surface area (Å²) in [4.78, 5) is 4.13. The highest BCUT2D eigenvalue weighted by Crippen LogP contribution is 2.19. The van der Waals surface area contributed by atoms with E-state index in [0.29, 0.717) is 5.95 Å². The lowest BCUT2D eigenvalue weighted by Gasteiger charge is -2.09. The van der Waals surface area contributed by atoms with Gasteiger partial charge in [0.05, 0.1) is 24.7 Å². The van der Waals surface area contributed by atoms with E-state index < -0.39 is 0 Å². The van der Waals surface area contributed by atoms with Crippen molar-refractivity contribution < 1.29 is 4.74 Å². The summed E-state index contributed by atoms with van der Waals surface area (Å²) < 4.78 is 7.44. The quantitative estimate of drug-likeness (QED) is 0.628. The highest BCUT2D eigenvalue weighted by atomic mass is 16.5. The highest BCUT2D eigenvalue weighted by Gasteiger charge is 2.04. The number of aromatic nitrogens is 2. The highest BCUT2D eigenvalue weighted by molar-refractivity contribution is 5.83. The van der Waals surface area contributed by atoms with Crippen LogP contribution in [0.15, 0.2) is 29.5 Å². The number of nitrogens with zero attached hydrogens (tertiary/aromatic N) is 3. The summed E-state index contributed by atoms with van der Waals surface area (Å²) in [6.45, 7) is 6.84. The van der Waals surface area contributed by atoms with Gasteiger partial charge in [-0.2, -0.15) is 5.10 Å². The van der Waals surface area contributed by atoms with Crippen LogP contribution in [-0.4, -0.2) is 22.5 Å². The third-order valence-electron chi connectivity index (χ3n) is 3.33. The number of rotatable bonds is 7. The van der Waals surface area contributed by atoms with Gasteiger partial charge in [-0.15, -0.1) is 0 Å². The van der Waals surface area contributed by atoms with E-state index in [-0.39, 0.29) is 0 Å². The Morgan fingerprint density at radius 3 is 2.82 bits per heavy atom. The van der Waals surface area contributed by atoms with Crippen LogP contribution in [0.2, 0.25) is 0 Å². The molecule has 0 fully saturated rings. The molecule has 0 saturated heterocycles. The lowest BCUT2D eigenvalue weighted by atomic mass is 10.1. The van der Waals surface area contributed by atoms with Crippen molar-refractivity contribution in [3.05, 3.63) is 41.2 Å². The molecule has 0 radical (unpaired) electrons. The second-order valence-electron chi connectivity index (χ2n) is 5.43. The molecule has 1 aromatic carbocycles. The molecule has 2 N–H and O–H groups in total. The van der Waals surface area contributed by atoms with Gasteiger partial charge in [0.25, 0.3) is 0 Å². The number of unbranched alkanes of at least 4 members (excludes halogenated alkanes) is 2. The maximum absolute atomic E-state index is 5.87. The number of ether oxygens (including phenoxy) is 1. The maximum atomic E-state index is 5.87. The zero-order valence-electron chi connectivity index (χ0n) is 13.5. The SMILES string of the molecule is CCCCCOc1ccc(C)cc1C=Nn1cc(C)nc1N. The molecule has 5 heteroatoms. The van der Waals surface area contributed by atoms with Crippen molar-refractivity contribution in [3.8, 4) is 5.75 Å². The molecule has 0 unspecified atom stereocenters. The minimum atomic E-state index is 0.381. The summed E-state index contributed by atoms with van der Waals surface area (Å²) >= 11 is 0. The van der Waals surface area contributed by atoms with Crippen molar-refractivity contribution in [3.63, 3.8) is 0 Å². The predicted octanol–water partition coefficient (Wildman–Crippen LogP) is 3.53. The van der Waals surface area contributed by atoms with E-state index in [4.69, 9.17) is 10.5 Å². The van der Waals surface area contributed by atoms with Gasteiger partial charge in [0.2, 0.25) is 5.95 Å². The molecular formula is C17H24N4O. The number of anilines is 1. The monoisotopic (exact) mass is 300 g/mol. The van der Waals surface area contributed by atoms with E-state index >= 15 is 0 Å². The molecule has 1 heterocycles. The molecule has 118 valence electrons. The van der Waals surface area contributed by atoms with Crippen LogP contribution in [0.1, 0.15) is 43.0 Å². The van der Waals surface area contributed by atoms with Gasteiger partial charge in [-0.25, -0.2) is 9.66 Å². The zero-order chi connectivity index (χ0) is 15.9. The van der Waals surface area contributed by atoms with Crippen LogP contribution in [0.25, 0.3) is 0 Å². The van der Waals surface area contributed by atoms with Crippen LogP contribution in [-0.2, 0) is 0 Å². The van der Waals surface area contributed by atoms with Gasteiger partial charge < -0.3 is 10.5 Å². The molecule has 0 saturated carbocycles. The van der Waals surface area contributed by atoms with E-state index in [9.17, 15) is 0 Å². The van der Waals surface area contributed by atoms with Gasteiger partial charge >= 0.3 is 0 Å².